The van der Waals surface area contributed by atoms with Gasteiger partial charge in [-0.1, -0.05) is 0 Å². The number of benzene rings is 1. The number of rotatable bonds is 3. The molecule has 1 heterocycles. The first-order valence-electron chi connectivity index (χ1n) is 4.84. The van der Waals surface area contributed by atoms with Crippen LogP contribution >= 0.6 is 0 Å². The van der Waals surface area contributed by atoms with E-state index in [1.807, 2.05) is 24.3 Å². The molecule has 0 spiro atoms. The Morgan fingerprint density at radius 1 is 1.38 bits per heavy atom. The molecule has 0 fully saturated rings. The third kappa shape index (κ3) is 1.72. The fraction of sp³-hybridized carbons (Fsp3) is 0.182. The molecule has 16 heavy (non-hydrogen) atoms. The number of methoxy groups -OCH3 is 1. The Hall–Kier alpha value is -2.01. The number of nitrogens with zero attached hydrogens (tertiary/aromatic N) is 2. The standard InChI is InChI=1S/C11H13N3O2/c1-16-10-4-2-9(3-5-10)14-11(12)8(7-15)6-13-14/h2-6,15H,7,12H2,1H3. The second kappa shape index (κ2) is 4.24. The zero-order chi connectivity index (χ0) is 11.5. The van der Waals surface area contributed by atoms with Gasteiger partial charge in [-0.2, -0.15) is 5.10 Å². The lowest BCUT2D eigenvalue weighted by Gasteiger charge is -2.05. The molecule has 0 saturated carbocycles. The topological polar surface area (TPSA) is 73.3 Å². The van der Waals surface area contributed by atoms with Gasteiger partial charge in [-0.05, 0) is 24.3 Å². The Morgan fingerprint density at radius 3 is 2.56 bits per heavy atom. The first-order valence-corrected chi connectivity index (χ1v) is 4.84. The van der Waals surface area contributed by atoms with E-state index in [1.54, 1.807) is 18.0 Å². The minimum absolute atomic E-state index is 0.109. The van der Waals surface area contributed by atoms with E-state index in [1.165, 1.54) is 0 Å². The summed E-state index contributed by atoms with van der Waals surface area (Å²) in [7, 11) is 1.61. The second-order valence-corrected chi connectivity index (χ2v) is 3.32. The van der Waals surface area contributed by atoms with Crippen molar-refractivity contribution in [3.05, 3.63) is 36.0 Å². The molecule has 3 N–H and O–H groups in total. The number of hydrogen-bond donors (Lipinski definition) is 2. The summed E-state index contributed by atoms with van der Waals surface area (Å²) in [6.07, 6.45) is 1.56. The van der Waals surface area contributed by atoms with E-state index in [0.29, 0.717) is 11.4 Å². The van der Waals surface area contributed by atoms with Crippen molar-refractivity contribution < 1.29 is 9.84 Å². The quantitative estimate of drug-likeness (QED) is 0.806. The molecule has 0 aliphatic carbocycles. The minimum atomic E-state index is -0.109. The van der Waals surface area contributed by atoms with Crippen LogP contribution in [-0.2, 0) is 6.61 Å². The Morgan fingerprint density at radius 2 is 2.06 bits per heavy atom. The molecule has 0 unspecified atom stereocenters. The van der Waals surface area contributed by atoms with Crippen LogP contribution in [-0.4, -0.2) is 22.0 Å². The maximum atomic E-state index is 9.01. The largest absolute Gasteiger partial charge is 0.497 e. The van der Waals surface area contributed by atoms with Gasteiger partial charge in [-0.3, -0.25) is 0 Å². The van der Waals surface area contributed by atoms with Gasteiger partial charge in [0.05, 0.1) is 25.6 Å². The molecule has 0 aliphatic rings. The minimum Gasteiger partial charge on any atom is -0.497 e. The number of nitrogen functional groups attached to an aromatic ring is 1. The summed E-state index contributed by atoms with van der Waals surface area (Å²) >= 11 is 0. The summed E-state index contributed by atoms with van der Waals surface area (Å²) in [6, 6.07) is 7.36. The Kier molecular flexibility index (Phi) is 2.78. The lowest BCUT2D eigenvalue weighted by molar-refractivity contribution is 0.282. The number of hydrogen-bond acceptors (Lipinski definition) is 4. The smallest absolute Gasteiger partial charge is 0.132 e. The fourth-order valence-electron chi connectivity index (χ4n) is 1.44. The number of aromatic nitrogens is 2. The van der Waals surface area contributed by atoms with Crippen molar-refractivity contribution in [2.24, 2.45) is 0 Å². The van der Waals surface area contributed by atoms with Crippen molar-refractivity contribution in [2.45, 2.75) is 6.61 Å². The van der Waals surface area contributed by atoms with E-state index < -0.39 is 0 Å². The molecule has 1 aromatic heterocycles. The van der Waals surface area contributed by atoms with Gasteiger partial charge >= 0.3 is 0 Å². The summed E-state index contributed by atoms with van der Waals surface area (Å²) in [5.41, 5.74) is 7.28. The third-order valence-electron chi connectivity index (χ3n) is 2.37. The molecule has 84 valence electrons. The zero-order valence-electron chi connectivity index (χ0n) is 8.92. The molecule has 0 radical (unpaired) electrons. The van der Waals surface area contributed by atoms with Gasteiger partial charge < -0.3 is 15.6 Å². The van der Waals surface area contributed by atoms with E-state index in [4.69, 9.17) is 15.6 Å². The summed E-state index contributed by atoms with van der Waals surface area (Å²) in [4.78, 5) is 0. The van der Waals surface area contributed by atoms with Crippen LogP contribution in [0.1, 0.15) is 5.56 Å². The zero-order valence-corrected chi connectivity index (χ0v) is 8.92. The normalized spacial score (nSPS) is 10.4. The predicted molar refractivity (Wildman–Crippen MR) is 60.5 cm³/mol. The highest BCUT2D eigenvalue weighted by Gasteiger charge is 2.07. The van der Waals surface area contributed by atoms with E-state index >= 15 is 0 Å². The van der Waals surface area contributed by atoms with Gasteiger partial charge in [-0.15, -0.1) is 0 Å². The summed E-state index contributed by atoms with van der Waals surface area (Å²) < 4.78 is 6.64. The molecular weight excluding hydrogens is 206 g/mol. The number of aliphatic hydroxyl groups excluding tert-OH is 1. The molecule has 0 atom stereocenters. The monoisotopic (exact) mass is 219 g/mol. The van der Waals surface area contributed by atoms with Crippen LogP contribution in [0.2, 0.25) is 0 Å². The average molecular weight is 219 g/mol. The third-order valence-corrected chi connectivity index (χ3v) is 2.37. The maximum absolute atomic E-state index is 9.01. The van der Waals surface area contributed by atoms with Crippen LogP contribution in [0.25, 0.3) is 5.69 Å². The molecule has 2 rings (SSSR count). The second-order valence-electron chi connectivity index (χ2n) is 3.32. The van der Waals surface area contributed by atoms with Crippen molar-refractivity contribution in [2.75, 3.05) is 12.8 Å². The Labute approximate surface area is 93.1 Å². The van der Waals surface area contributed by atoms with Crippen LogP contribution < -0.4 is 10.5 Å². The Balaban J connectivity index is 2.38. The fourth-order valence-corrected chi connectivity index (χ4v) is 1.44. The molecule has 0 bridgehead atoms. The van der Waals surface area contributed by atoms with Crippen LogP contribution in [0.4, 0.5) is 5.82 Å². The molecule has 0 amide bonds. The number of nitrogens with two attached hydrogens (primary N) is 1. The molecule has 0 saturated heterocycles. The van der Waals surface area contributed by atoms with E-state index in [0.717, 1.165) is 11.4 Å². The highest BCUT2D eigenvalue weighted by atomic mass is 16.5. The van der Waals surface area contributed by atoms with Gasteiger partial charge in [0.2, 0.25) is 0 Å². The van der Waals surface area contributed by atoms with E-state index in [9.17, 15) is 0 Å². The van der Waals surface area contributed by atoms with Crippen LogP contribution in [0, 0.1) is 0 Å². The number of anilines is 1. The summed E-state index contributed by atoms with van der Waals surface area (Å²) in [5, 5.41) is 13.1. The Bertz CT molecular complexity index is 476. The molecule has 5 heteroatoms. The number of ether oxygens (including phenoxy) is 1. The van der Waals surface area contributed by atoms with Gasteiger partial charge in [0.1, 0.15) is 11.6 Å². The SMILES string of the molecule is COc1ccc(-n2ncc(CO)c2N)cc1. The van der Waals surface area contributed by atoms with Gasteiger partial charge in [0, 0.05) is 5.56 Å². The van der Waals surface area contributed by atoms with Crippen molar-refractivity contribution >= 4 is 5.82 Å². The summed E-state index contributed by atoms with van der Waals surface area (Å²) in [5.74, 6) is 1.23. The van der Waals surface area contributed by atoms with Crippen molar-refractivity contribution in [1.82, 2.24) is 9.78 Å². The highest BCUT2D eigenvalue weighted by Crippen LogP contribution is 2.19. The molecular formula is C11H13N3O2. The first kappa shape index (κ1) is 10.5. The van der Waals surface area contributed by atoms with Crippen molar-refractivity contribution in [3.63, 3.8) is 0 Å². The lowest BCUT2D eigenvalue weighted by Crippen LogP contribution is -2.03. The van der Waals surface area contributed by atoms with E-state index in [2.05, 4.69) is 5.10 Å². The lowest BCUT2D eigenvalue weighted by atomic mass is 10.3. The van der Waals surface area contributed by atoms with Crippen LogP contribution in [0.5, 0.6) is 5.75 Å². The number of aliphatic hydroxyl groups is 1. The first-order chi connectivity index (χ1) is 7.76. The molecule has 5 nitrogen and oxygen atoms in total. The van der Waals surface area contributed by atoms with Gasteiger partial charge in [0.15, 0.2) is 0 Å². The van der Waals surface area contributed by atoms with Gasteiger partial charge in [-0.25, -0.2) is 4.68 Å². The highest BCUT2D eigenvalue weighted by molar-refractivity contribution is 5.47. The van der Waals surface area contributed by atoms with Crippen molar-refractivity contribution in [3.8, 4) is 11.4 Å². The van der Waals surface area contributed by atoms with Gasteiger partial charge in [0.25, 0.3) is 0 Å². The van der Waals surface area contributed by atoms with Crippen LogP contribution in [0.3, 0.4) is 0 Å². The molecule has 0 aliphatic heterocycles. The average Bonchev–Trinajstić information content (AvgIpc) is 2.70. The maximum Gasteiger partial charge on any atom is 0.132 e. The van der Waals surface area contributed by atoms with Crippen LogP contribution in [0.15, 0.2) is 30.5 Å². The molecule has 1 aromatic carbocycles. The predicted octanol–water partition coefficient (Wildman–Crippen LogP) is 0.955. The summed E-state index contributed by atoms with van der Waals surface area (Å²) in [6.45, 7) is -0.109. The molecule has 2 aromatic rings. The van der Waals surface area contributed by atoms with Crippen molar-refractivity contribution in [1.29, 1.82) is 0 Å². The van der Waals surface area contributed by atoms with E-state index in [-0.39, 0.29) is 6.61 Å².